The van der Waals surface area contributed by atoms with Gasteiger partial charge >= 0.3 is 0 Å². The average Bonchev–Trinajstić information content (AvgIpc) is 2.50. The van der Waals surface area contributed by atoms with Crippen LogP contribution in [0.5, 0.6) is 11.5 Å². The fourth-order valence-corrected chi connectivity index (χ4v) is 2.24. The third-order valence-electron chi connectivity index (χ3n) is 3.06. The second-order valence-corrected chi connectivity index (χ2v) is 5.44. The molecule has 0 radical (unpaired) electrons. The van der Waals surface area contributed by atoms with Gasteiger partial charge in [0, 0.05) is 15.8 Å². The fourth-order valence-electron chi connectivity index (χ4n) is 1.99. The van der Waals surface area contributed by atoms with E-state index in [9.17, 15) is 4.79 Å². The van der Waals surface area contributed by atoms with E-state index >= 15 is 0 Å². The van der Waals surface area contributed by atoms with E-state index in [0.717, 1.165) is 4.47 Å². The summed E-state index contributed by atoms with van der Waals surface area (Å²) in [6.07, 6.45) is -0.690. The van der Waals surface area contributed by atoms with Crippen molar-refractivity contribution in [3.05, 3.63) is 46.9 Å². The van der Waals surface area contributed by atoms with Crippen LogP contribution in [0, 0.1) is 0 Å². The molecule has 5 nitrogen and oxygen atoms in total. The lowest BCUT2D eigenvalue weighted by Gasteiger charge is -2.25. The van der Waals surface area contributed by atoms with E-state index in [-0.39, 0.29) is 12.5 Å². The molecule has 0 bridgehead atoms. The minimum atomic E-state index is -0.690. The van der Waals surface area contributed by atoms with Gasteiger partial charge in [0.25, 0.3) is 5.91 Å². The number of amides is 1. The van der Waals surface area contributed by atoms with Gasteiger partial charge in [-0.05, 0) is 46.3 Å². The first-order chi connectivity index (χ1) is 10.1. The Labute approximate surface area is 130 Å². The number of hydrogen-bond acceptors (Lipinski definition) is 4. The van der Waals surface area contributed by atoms with Gasteiger partial charge in [0.2, 0.25) is 6.10 Å². The van der Waals surface area contributed by atoms with Crippen LogP contribution in [0.3, 0.4) is 0 Å². The van der Waals surface area contributed by atoms with Crippen molar-refractivity contribution in [1.82, 2.24) is 0 Å². The van der Waals surface area contributed by atoms with Crippen molar-refractivity contribution in [3.63, 3.8) is 0 Å². The van der Waals surface area contributed by atoms with E-state index in [1.807, 2.05) is 12.1 Å². The Morgan fingerprint density at radius 1 is 1.24 bits per heavy atom. The molecule has 3 rings (SSSR count). The van der Waals surface area contributed by atoms with Crippen LogP contribution in [-0.4, -0.2) is 18.6 Å². The first kappa shape index (κ1) is 13.8. The number of benzene rings is 2. The third-order valence-corrected chi connectivity index (χ3v) is 3.79. The largest absolute Gasteiger partial charge is 0.485 e. The average molecular weight is 349 g/mol. The number of halogens is 1. The number of carbonyl (C=O) groups is 1. The van der Waals surface area contributed by atoms with Gasteiger partial charge in [-0.25, -0.2) is 0 Å². The zero-order valence-electron chi connectivity index (χ0n) is 11.0. The van der Waals surface area contributed by atoms with Crippen LogP contribution in [0.4, 0.5) is 11.4 Å². The molecular formula is C15H13BrN2O3. The van der Waals surface area contributed by atoms with Crippen LogP contribution in [0.15, 0.2) is 46.9 Å². The normalized spacial score (nSPS) is 16.3. The second-order valence-electron chi connectivity index (χ2n) is 4.59. The number of ether oxygens (including phenoxy) is 2. The number of nitrogens with one attached hydrogen (secondary N) is 1. The highest BCUT2D eigenvalue weighted by Crippen LogP contribution is 2.31. The van der Waals surface area contributed by atoms with Crippen LogP contribution < -0.4 is 20.5 Å². The predicted molar refractivity (Wildman–Crippen MR) is 83.5 cm³/mol. The summed E-state index contributed by atoms with van der Waals surface area (Å²) < 4.78 is 11.9. The van der Waals surface area contributed by atoms with E-state index in [2.05, 4.69) is 21.2 Å². The molecule has 1 amide bonds. The van der Waals surface area contributed by atoms with Crippen molar-refractivity contribution >= 4 is 33.2 Å². The fraction of sp³-hybridized carbons (Fsp3) is 0.133. The molecule has 1 heterocycles. The molecule has 2 aromatic rings. The van der Waals surface area contributed by atoms with Crippen LogP contribution in [0.2, 0.25) is 0 Å². The minimum Gasteiger partial charge on any atom is -0.485 e. The number of carbonyl (C=O) groups excluding carboxylic acids is 1. The van der Waals surface area contributed by atoms with Crippen molar-refractivity contribution in [2.75, 3.05) is 17.7 Å². The van der Waals surface area contributed by atoms with Crippen molar-refractivity contribution < 1.29 is 14.3 Å². The second kappa shape index (κ2) is 5.65. The molecule has 2 aromatic carbocycles. The van der Waals surface area contributed by atoms with Gasteiger partial charge in [0.1, 0.15) is 6.61 Å². The number of nitrogens with two attached hydrogens (primary N) is 1. The van der Waals surface area contributed by atoms with Gasteiger partial charge in [0.15, 0.2) is 11.5 Å². The third kappa shape index (κ3) is 2.95. The quantitative estimate of drug-likeness (QED) is 0.818. The van der Waals surface area contributed by atoms with Gasteiger partial charge in [0.05, 0.1) is 0 Å². The highest BCUT2D eigenvalue weighted by molar-refractivity contribution is 9.10. The van der Waals surface area contributed by atoms with E-state index in [0.29, 0.717) is 22.9 Å². The van der Waals surface area contributed by atoms with Gasteiger partial charge < -0.3 is 20.5 Å². The summed E-state index contributed by atoms with van der Waals surface area (Å²) in [6.45, 7) is 0.175. The van der Waals surface area contributed by atoms with Crippen LogP contribution >= 0.6 is 15.9 Å². The van der Waals surface area contributed by atoms with E-state index in [4.69, 9.17) is 15.2 Å². The molecular weight excluding hydrogens is 336 g/mol. The molecule has 6 heteroatoms. The van der Waals surface area contributed by atoms with Gasteiger partial charge in [-0.2, -0.15) is 0 Å². The molecule has 0 saturated heterocycles. The number of rotatable bonds is 2. The van der Waals surface area contributed by atoms with E-state index in [1.54, 1.807) is 30.3 Å². The van der Waals surface area contributed by atoms with Crippen molar-refractivity contribution in [2.45, 2.75) is 6.10 Å². The first-order valence-electron chi connectivity index (χ1n) is 6.38. The maximum Gasteiger partial charge on any atom is 0.269 e. The molecule has 3 N–H and O–H groups in total. The Morgan fingerprint density at radius 2 is 2.00 bits per heavy atom. The standard InChI is InChI=1S/C15H13BrN2O3/c16-10-6-5-9(7-11(10)17)18-15(19)14-8-20-12-3-1-2-4-13(12)21-14/h1-7,14H,8,17H2,(H,18,19). The molecule has 0 spiro atoms. The van der Waals surface area contributed by atoms with Crippen LogP contribution in [-0.2, 0) is 4.79 Å². The molecule has 1 aliphatic rings. The number of fused-ring (bicyclic) bond motifs is 1. The predicted octanol–water partition coefficient (Wildman–Crippen LogP) is 2.81. The molecule has 0 fully saturated rings. The summed E-state index contributed by atoms with van der Waals surface area (Å²) in [5.74, 6) is 0.944. The summed E-state index contributed by atoms with van der Waals surface area (Å²) in [6, 6.07) is 12.5. The maximum atomic E-state index is 12.2. The highest BCUT2D eigenvalue weighted by atomic mass is 79.9. The van der Waals surface area contributed by atoms with Gasteiger partial charge in [-0.3, -0.25) is 4.79 Å². The molecule has 0 saturated carbocycles. The Bertz CT molecular complexity index is 690. The van der Waals surface area contributed by atoms with Crippen LogP contribution in [0.25, 0.3) is 0 Å². The number of para-hydroxylation sites is 2. The van der Waals surface area contributed by atoms with E-state index in [1.165, 1.54) is 0 Å². The molecule has 108 valence electrons. The number of anilines is 2. The maximum absolute atomic E-state index is 12.2. The van der Waals surface area contributed by atoms with Crippen LogP contribution in [0.1, 0.15) is 0 Å². The first-order valence-corrected chi connectivity index (χ1v) is 7.17. The minimum absolute atomic E-state index is 0.175. The lowest BCUT2D eigenvalue weighted by molar-refractivity contribution is -0.125. The summed E-state index contributed by atoms with van der Waals surface area (Å²) in [4.78, 5) is 12.2. The number of nitrogen functional groups attached to an aromatic ring is 1. The summed E-state index contributed by atoms with van der Waals surface area (Å²) in [5, 5.41) is 2.77. The van der Waals surface area contributed by atoms with Crippen molar-refractivity contribution in [3.8, 4) is 11.5 Å². The zero-order valence-corrected chi connectivity index (χ0v) is 12.6. The molecule has 21 heavy (non-hydrogen) atoms. The molecule has 1 unspecified atom stereocenters. The Hall–Kier alpha value is -2.21. The molecule has 0 aliphatic carbocycles. The topological polar surface area (TPSA) is 73.6 Å². The monoisotopic (exact) mass is 348 g/mol. The number of hydrogen-bond donors (Lipinski definition) is 2. The Kier molecular flexibility index (Phi) is 3.70. The zero-order chi connectivity index (χ0) is 14.8. The SMILES string of the molecule is Nc1cc(NC(=O)C2COc3ccccc3O2)ccc1Br. The summed E-state index contributed by atoms with van der Waals surface area (Å²) in [7, 11) is 0. The van der Waals surface area contributed by atoms with E-state index < -0.39 is 6.10 Å². The Balaban J connectivity index is 1.70. The highest BCUT2D eigenvalue weighted by Gasteiger charge is 2.27. The molecule has 0 aromatic heterocycles. The van der Waals surface area contributed by atoms with Gasteiger partial charge in [-0.1, -0.05) is 12.1 Å². The smallest absolute Gasteiger partial charge is 0.269 e. The molecule has 1 atom stereocenters. The Morgan fingerprint density at radius 3 is 2.76 bits per heavy atom. The summed E-state index contributed by atoms with van der Waals surface area (Å²) >= 11 is 3.31. The summed E-state index contributed by atoms with van der Waals surface area (Å²) in [5.41, 5.74) is 6.95. The van der Waals surface area contributed by atoms with Crippen molar-refractivity contribution in [2.24, 2.45) is 0 Å². The van der Waals surface area contributed by atoms with Gasteiger partial charge in [-0.15, -0.1) is 0 Å². The van der Waals surface area contributed by atoms with Crippen molar-refractivity contribution in [1.29, 1.82) is 0 Å². The lowest BCUT2D eigenvalue weighted by atomic mass is 10.2. The lowest BCUT2D eigenvalue weighted by Crippen LogP contribution is -2.40. The molecule has 1 aliphatic heterocycles.